The van der Waals surface area contributed by atoms with Crippen LogP contribution in [0.5, 0.6) is 11.5 Å². The lowest BCUT2D eigenvalue weighted by Gasteiger charge is -2.04. The summed E-state index contributed by atoms with van der Waals surface area (Å²) in [5, 5.41) is 22.6. The van der Waals surface area contributed by atoms with E-state index in [2.05, 4.69) is 5.16 Å². The minimum atomic E-state index is -0.362. The Morgan fingerprint density at radius 2 is 2.07 bits per heavy atom. The summed E-state index contributed by atoms with van der Waals surface area (Å²) in [5.41, 5.74) is 5.53. The second-order valence-electron chi connectivity index (χ2n) is 2.91. The van der Waals surface area contributed by atoms with Crippen LogP contribution in [0, 0.1) is 0 Å². The van der Waals surface area contributed by atoms with Gasteiger partial charge in [0, 0.05) is 6.07 Å². The minimum absolute atomic E-state index is 0.167. The fourth-order valence-corrected chi connectivity index (χ4v) is 1.44. The van der Waals surface area contributed by atoms with Gasteiger partial charge in [0.1, 0.15) is 0 Å². The second-order valence-corrected chi connectivity index (χ2v) is 3.31. The molecule has 0 amide bonds. The molecule has 2 rings (SSSR count). The standard InChI is InChI=1S/C9H7ClN2O3/c10-4-1-2-5(13)9(14)8(4)6-3-7(11)12-15-6/h1-3,13-14H,(H2,11,12). The number of nitrogen functional groups attached to an aromatic ring is 1. The van der Waals surface area contributed by atoms with Gasteiger partial charge in [0.2, 0.25) is 0 Å². The molecule has 0 bridgehead atoms. The highest BCUT2D eigenvalue weighted by Gasteiger charge is 2.16. The van der Waals surface area contributed by atoms with Crippen LogP contribution in [0.2, 0.25) is 5.02 Å². The number of aromatic nitrogens is 1. The molecule has 0 aliphatic carbocycles. The quantitative estimate of drug-likeness (QED) is 0.647. The van der Waals surface area contributed by atoms with E-state index in [1.807, 2.05) is 0 Å². The van der Waals surface area contributed by atoms with Crippen molar-refractivity contribution >= 4 is 17.4 Å². The van der Waals surface area contributed by atoms with Crippen molar-refractivity contribution in [2.24, 2.45) is 0 Å². The van der Waals surface area contributed by atoms with E-state index in [1.54, 1.807) is 0 Å². The summed E-state index contributed by atoms with van der Waals surface area (Å²) >= 11 is 5.85. The SMILES string of the molecule is Nc1cc(-c2c(Cl)ccc(O)c2O)on1. The number of anilines is 1. The second kappa shape index (κ2) is 3.36. The van der Waals surface area contributed by atoms with Gasteiger partial charge < -0.3 is 20.5 Å². The fourth-order valence-electron chi connectivity index (χ4n) is 1.20. The Labute approximate surface area is 89.7 Å². The molecule has 0 unspecified atom stereocenters. The molecule has 0 radical (unpaired) electrons. The molecule has 0 saturated carbocycles. The van der Waals surface area contributed by atoms with Crippen LogP contribution in [0.4, 0.5) is 5.82 Å². The van der Waals surface area contributed by atoms with Crippen molar-refractivity contribution in [2.45, 2.75) is 0 Å². The van der Waals surface area contributed by atoms with Gasteiger partial charge in [-0.15, -0.1) is 0 Å². The zero-order valence-electron chi connectivity index (χ0n) is 7.44. The number of aromatic hydroxyl groups is 2. The van der Waals surface area contributed by atoms with Crippen molar-refractivity contribution in [2.75, 3.05) is 5.73 Å². The Bertz CT molecular complexity index is 510. The maximum absolute atomic E-state index is 9.58. The summed E-state index contributed by atoms with van der Waals surface area (Å²) in [6.45, 7) is 0. The van der Waals surface area contributed by atoms with E-state index in [4.69, 9.17) is 21.9 Å². The molecule has 0 saturated heterocycles. The van der Waals surface area contributed by atoms with Crippen molar-refractivity contribution < 1.29 is 14.7 Å². The predicted octanol–water partition coefficient (Wildman–Crippen LogP) is 1.99. The summed E-state index contributed by atoms with van der Waals surface area (Å²) in [5.74, 6) is -0.280. The molecule has 1 aromatic carbocycles. The molecular formula is C9H7ClN2O3. The van der Waals surface area contributed by atoms with Gasteiger partial charge in [-0.25, -0.2) is 0 Å². The Morgan fingerprint density at radius 3 is 2.67 bits per heavy atom. The average Bonchev–Trinajstić information content (AvgIpc) is 2.59. The highest BCUT2D eigenvalue weighted by molar-refractivity contribution is 6.33. The minimum Gasteiger partial charge on any atom is -0.504 e. The summed E-state index contributed by atoms with van der Waals surface area (Å²) in [6, 6.07) is 4.12. The monoisotopic (exact) mass is 226 g/mol. The highest BCUT2D eigenvalue weighted by Crippen LogP contribution is 2.41. The zero-order chi connectivity index (χ0) is 11.0. The highest BCUT2D eigenvalue weighted by atomic mass is 35.5. The average molecular weight is 227 g/mol. The molecule has 4 N–H and O–H groups in total. The van der Waals surface area contributed by atoms with E-state index in [1.165, 1.54) is 18.2 Å². The fraction of sp³-hybridized carbons (Fsp3) is 0. The molecule has 0 aliphatic rings. The zero-order valence-corrected chi connectivity index (χ0v) is 8.19. The number of halogens is 1. The maximum Gasteiger partial charge on any atom is 0.174 e. The number of hydrogen-bond donors (Lipinski definition) is 3. The third-order valence-corrected chi connectivity index (χ3v) is 2.20. The summed E-state index contributed by atoms with van der Waals surface area (Å²) in [4.78, 5) is 0. The molecular weight excluding hydrogens is 220 g/mol. The van der Waals surface area contributed by atoms with Crippen molar-refractivity contribution in [3.8, 4) is 22.8 Å². The molecule has 78 valence electrons. The lowest BCUT2D eigenvalue weighted by molar-refractivity contribution is 0.399. The van der Waals surface area contributed by atoms with Gasteiger partial charge in [0.25, 0.3) is 0 Å². The van der Waals surface area contributed by atoms with E-state index in [0.717, 1.165) is 0 Å². The van der Waals surface area contributed by atoms with E-state index in [-0.39, 0.29) is 33.7 Å². The van der Waals surface area contributed by atoms with Crippen LogP contribution in [-0.2, 0) is 0 Å². The topological polar surface area (TPSA) is 92.5 Å². The largest absolute Gasteiger partial charge is 0.504 e. The number of phenolic OH excluding ortho intramolecular Hbond substituents is 2. The predicted molar refractivity (Wildman–Crippen MR) is 54.7 cm³/mol. The van der Waals surface area contributed by atoms with Gasteiger partial charge in [0.05, 0.1) is 10.6 Å². The summed E-state index contributed by atoms with van der Waals surface area (Å²) in [7, 11) is 0. The van der Waals surface area contributed by atoms with Crippen LogP contribution in [-0.4, -0.2) is 15.4 Å². The van der Waals surface area contributed by atoms with Crippen LogP contribution < -0.4 is 5.73 Å². The lowest BCUT2D eigenvalue weighted by Crippen LogP contribution is -1.81. The van der Waals surface area contributed by atoms with Crippen LogP contribution >= 0.6 is 11.6 Å². The van der Waals surface area contributed by atoms with Gasteiger partial charge in [-0.3, -0.25) is 0 Å². The lowest BCUT2D eigenvalue weighted by atomic mass is 10.1. The molecule has 6 heteroatoms. The number of benzene rings is 1. The summed E-state index contributed by atoms with van der Waals surface area (Å²) < 4.78 is 4.84. The van der Waals surface area contributed by atoms with Gasteiger partial charge in [-0.2, -0.15) is 0 Å². The third kappa shape index (κ3) is 1.57. The summed E-state index contributed by atoms with van der Waals surface area (Å²) in [6.07, 6.45) is 0. The number of phenols is 2. The van der Waals surface area contributed by atoms with Gasteiger partial charge in [0.15, 0.2) is 23.1 Å². The van der Waals surface area contributed by atoms with Crippen molar-refractivity contribution in [1.82, 2.24) is 5.16 Å². The van der Waals surface area contributed by atoms with Crippen LogP contribution in [0.15, 0.2) is 22.7 Å². The Balaban J connectivity index is 2.66. The first kappa shape index (κ1) is 9.67. The first-order valence-corrected chi connectivity index (χ1v) is 4.40. The molecule has 1 aromatic heterocycles. The van der Waals surface area contributed by atoms with Crippen LogP contribution in [0.1, 0.15) is 0 Å². The normalized spacial score (nSPS) is 10.5. The number of nitrogens with zero attached hydrogens (tertiary/aromatic N) is 1. The van der Waals surface area contributed by atoms with E-state index >= 15 is 0 Å². The Morgan fingerprint density at radius 1 is 1.33 bits per heavy atom. The number of hydrogen-bond acceptors (Lipinski definition) is 5. The van der Waals surface area contributed by atoms with Crippen molar-refractivity contribution in [3.05, 3.63) is 23.2 Å². The van der Waals surface area contributed by atoms with Gasteiger partial charge in [-0.1, -0.05) is 16.8 Å². The van der Waals surface area contributed by atoms with Crippen molar-refractivity contribution in [1.29, 1.82) is 0 Å². The molecule has 0 aliphatic heterocycles. The first-order chi connectivity index (χ1) is 7.09. The number of nitrogens with two attached hydrogens (primary N) is 1. The van der Waals surface area contributed by atoms with Crippen molar-refractivity contribution in [3.63, 3.8) is 0 Å². The van der Waals surface area contributed by atoms with Gasteiger partial charge in [-0.05, 0) is 12.1 Å². The number of rotatable bonds is 1. The van der Waals surface area contributed by atoms with Gasteiger partial charge >= 0.3 is 0 Å². The van der Waals surface area contributed by atoms with E-state index in [0.29, 0.717) is 0 Å². The Hall–Kier alpha value is -1.88. The molecule has 5 nitrogen and oxygen atoms in total. The first-order valence-electron chi connectivity index (χ1n) is 4.02. The van der Waals surface area contributed by atoms with Crippen LogP contribution in [0.25, 0.3) is 11.3 Å². The molecule has 0 atom stereocenters. The maximum atomic E-state index is 9.58. The molecule has 0 fully saturated rings. The molecule has 1 heterocycles. The van der Waals surface area contributed by atoms with E-state index in [9.17, 15) is 10.2 Å². The van der Waals surface area contributed by atoms with E-state index < -0.39 is 0 Å². The smallest absolute Gasteiger partial charge is 0.174 e. The Kier molecular flexibility index (Phi) is 2.17. The molecule has 2 aromatic rings. The molecule has 15 heavy (non-hydrogen) atoms. The molecule has 0 spiro atoms. The third-order valence-electron chi connectivity index (χ3n) is 1.88. The van der Waals surface area contributed by atoms with Crippen LogP contribution in [0.3, 0.4) is 0 Å².